The van der Waals surface area contributed by atoms with Gasteiger partial charge in [-0.2, -0.15) is 0 Å². The Hall–Kier alpha value is -1.25. The molecule has 1 aliphatic heterocycles. The molecule has 88 valence electrons. The van der Waals surface area contributed by atoms with Crippen LogP contribution in [0.5, 0.6) is 0 Å². The van der Waals surface area contributed by atoms with E-state index in [4.69, 9.17) is 0 Å². The number of fused-ring (bicyclic) bond motifs is 1. The molecule has 0 spiro atoms. The Morgan fingerprint density at radius 3 is 2.56 bits per heavy atom. The minimum atomic E-state index is -0.173. The molecule has 16 heavy (non-hydrogen) atoms. The van der Waals surface area contributed by atoms with Crippen molar-refractivity contribution in [3.8, 4) is 0 Å². The highest BCUT2D eigenvalue weighted by atomic mass is 19.1. The van der Waals surface area contributed by atoms with Crippen molar-refractivity contribution in [2.75, 3.05) is 23.7 Å². The summed E-state index contributed by atoms with van der Waals surface area (Å²) in [6.07, 6.45) is 2.19. The summed E-state index contributed by atoms with van der Waals surface area (Å²) in [5.74, 6) is -0.173. The van der Waals surface area contributed by atoms with Crippen LogP contribution in [0.15, 0.2) is 18.2 Å². The number of nitrogens with one attached hydrogen (secondary N) is 2. The van der Waals surface area contributed by atoms with Crippen molar-refractivity contribution in [1.29, 1.82) is 0 Å². The smallest absolute Gasteiger partial charge is 0.148 e. The van der Waals surface area contributed by atoms with Crippen LogP contribution >= 0.6 is 0 Å². The first kappa shape index (κ1) is 11.2. The maximum atomic E-state index is 13.6. The Morgan fingerprint density at radius 1 is 1.19 bits per heavy atom. The summed E-state index contributed by atoms with van der Waals surface area (Å²) in [6.45, 7) is 6.13. The molecule has 0 bridgehead atoms. The second-order valence-electron chi connectivity index (χ2n) is 4.58. The van der Waals surface area contributed by atoms with Crippen LogP contribution in [0.4, 0.5) is 15.8 Å². The quantitative estimate of drug-likeness (QED) is 0.800. The molecule has 1 aliphatic rings. The Bertz CT molecular complexity index is 372. The molecular formula is C13H19FN2. The van der Waals surface area contributed by atoms with Crippen molar-refractivity contribution in [2.45, 2.75) is 26.7 Å². The molecule has 0 saturated heterocycles. The van der Waals surface area contributed by atoms with Crippen molar-refractivity contribution in [3.63, 3.8) is 0 Å². The third-order valence-electron chi connectivity index (χ3n) is 3.81. The number of anilines is 2. The molecule has 1 aromatic rings. The summed E-state index contributed by atoms with van der Waals surface area (Å²) in [5, 5.41) is 6.60. The van der Waals surface area contributed by atoms with Crippen LogP contribution in [0.25, 0.3) is 0 Å². The number of rotatable bonds is 2. The molecule has 2 nitrogen and oxygen atoms in total. The first-order chi connectivity index (χ1) is 7.71. The molecule has 2 N–H and O–H groups in total. The molecule has 0 aliphatic carbocycles. The summed E-state index contributed by atoms with van der Waals surface area (Å²) < 4.78 is 13.6. The van der Waals surface area contributed by atoms with Crippen LogP contribution in [-0.4, -0.2) is 13.1 Å². The second kappa shape index (κ2) is 4.32. The average molecular weight is 222 g/mol. The van der Waals surface area contributed by atoms with Crippen molar-refractivity contribution < 1.29 is 4.39 Å². The van der Waals surface area contributed by atoms with Crippen molar-refractivity contribution in [1.82, 2.24) is 0 Å². The molecule has 0 fully saturated rings. The fourth-order valence-electron chi connectivity index (χ4n) is 2.22. The highest BCUT2D eigenvalue weighted by molar-refractivity contribution is 5.70. The number of benzene rings is 1. The SMILES string of the molecule is CCC1(CC)CNc2cccc(F)c2NC1. The average Bonchev–Trinajstić information content (AvgIpc) is 2.50. The lowest BCUT2D eigenvalue weighted by molar-refractivity contribution is 0.307. The van der Waals surface area contributed by atoms with Gasteiger partial charge in [0.05, 0.1) is 11.4 Å². The molecule has 0 aromatic heterocycles. The van der Waals surface area contributed by atoms with Crippen LogP contribution in [0.1, 0.15) is 26.7 Å². The Balaban J connectivity index is 2.28. The monoisotopic (exact) mass is 222 g/mol. The van der Waals surface area contributed by atoms with Gasteiger partial charge in [-0.15, -0.1) is 0 Å². The highest BCUT2D eigenvalue weighted by Crippen LogP contribution is 2.34. The van der Waals surface area contributed by atoms with Gasteiger partial charge in [-0.05, 0) is 25.0 Å². The zero-order chi connectivity index (χ0) is 11.6. The second-order valence-corrected chi connectivity index (χ2v) is 4.58. The molecular weight excluding hydrogens is 203 g/mol. The molecule has 3 heteroatoms. The van der Waals surface area contributed by atoms with Gasteiger partial charge in [0.2, 0.25) is 0 Å². The summed E-state index contributed by atoms with van der Waals surface area (Å²) >= 11 is 0. The summed E-state index contributed by atoms with van der Waals surface area (Å²) in [5.41, 5.74) is 1.72. The molecule has 2 rings (SSSR count). The number of hydrogen-bond donors (Lipinski definition) is 2. The minimum absolute atomic E-state index is 0.173. The third-order valence-corrected chi connectivity index (χ3v) is 3.81. The molecule has 0 unspecified atom stereocenters. The van der Waals surface area contributed by atoms with Gasteiger partial charge in [-0.3, -0.25) is 0 Å². The van der Waals surface area contributed by atoms with Gasteiger partial charge >= 0.3 is 0 Å². The van der Waals surface area contributed by atoms with Gasteiger partial charge in [0.25, 0.3) is 0 Å². The Morgan fingerprint density at radius 2 is 1.88 bits per heavy atom. The number of hydrogen-bond acceptors (Lipinski definition) is 2. The van der Waals surface area contributed by atoms with Crippen molar-refractivity contribution in [2.24, 2.45) is 5.41 Å². The van der Waals surface area contributed by atoms with Crippen LogP contribution in [0.2, 0.25) is 0 Å². The lowest BCUT2D eigenvalue weighted by Crippen LogP contribution is -2.33. The lowest BCUT2D eigenvalue weighted by atomic mass is 9.82. The van der Waals surface area contributed by atoms with Crippen LogP contribution in [-0.2, 0) is 0 Å². The predicted octanol–water partition coefficient (Wildman–Crippen LogP) is 3.47. The highest BCUT2D eigenvalue weighted by Gasteiger charge is 2.29. The molecule has 0 saturated carbocycles. The van der Waals surface area contributed by atoms with E-state index in [0.29, 0.717) is 5.69 Å². The normalized spacial score (nSPS) is 17.9. The largest absolute Gasteiger partial charge is 0.383 e. The van der Waals surface area contributed by atoms with Crippen molar-refractivity contribution >= 4 is 11.4 Å². The molecule has 0 amide bonds. The third kappa shape index (κ3) is 1.86. The first-order valence-corrected chi connectivity index (χ1v) is 5.97. The van der Waals surface area contributed by atoms with E-state index in [2.05, 4.69) is 24.5 Å². The summed E-state index contributed by atoms with van der Waals surface area (Å²) in [4.78, 5) is 0. The van der Waals surface area contributed by atoms with E-state index in [-0.39, 0.29) is 11.2 Å². The van der Waals surface area contributed by atoms with Gasteiger partial charge in [-0.25, -0.2) is 4.39 Å². The fraction of sp³-hybridized carbons (Fsp3) is 0.538. The molecule has 0 radical (unpaired) electrons. The first-order valence-electron chi connectivity index (χ1n) is 5.97. The van der Waals surface area contributed by atoms with E-state index in [1.54, 1.807) is 6.07 Å². The van der Waals surface area contributed by atoms with E-state index >= 15 is 0 Å². The lowest BCUT2D eigenvalue weighted by Gasteiger charge is -2.30. The van der Waals surface area contributed by atoms with Crippen LogP contribution in [0.3, 0.4) is 0 Å². The van der Waals surface area contributed by atoms with E-state index in [1.165, 1.54) is 6.07 Å². The fourth-order valence-corrected chi connectivity index (χ4v) is 2.22. The zero-order valence-corrected chi connectivity index (χ0v) is 9.94. The summed E-state index contributed by atoms with van der Waals surface area (Å²) in [7, 11) is 0. The molecule has 1 heterocycles. The van der Waals surface area contributed by atoms with Gasteiger partial charge in [0.1, 0.15) is 5.82 Å². The maximum Gasteiger partial charge on any atom is 0.148 e. The number of halogens is 1. The van der Waals surface area contributed by atoms with E-state index in [0.717, 1.165) is 31.6 Å². The Kier molecular flexibility index (Phi) is 3.03. The van der Waals surface area contributed by atoms with E-state index < -0.39 is 0 Å². The van der Waals surface area contributed by atoms with Gasteiger partial charge in [0.15, 0.2) is 0 Å². The predicted molar refractivity (Wildman–Crippen MR) is 66.4 cm³/mol. The van der Waals surface area contributed by atoms with Crippen LogP contribution in [0, 0.1) is 11.2 Å². The van der Waals surface area contributed by atoms with Gasteiger partial charge in [-0.1, -0.05) is 19.9 Å². The Labute approximate surface area is 96.2 Å². The minimum Gasteiger partial charge on any atom is -0.383 e. The van der Waals surface area contributed by atoms with Gasteiger partial charge < -0.3 is 10.6 Å². The number of para-hydroxylation sites is 1. The van der Waals surface area contributed by atoms with Gasteiger partial charge in [0, 0.05) is 18.5 Å². The van der Waals surface area contributed by atoms with E-state index in [9.17, 15) is 4.39 Å². The van der Waals surface area contributed by atoms with E-state index in [1.807, 2.05) is 6.07 Å². The molecule has 0 atom stereocenters. The maximum absolute atomic E-state index is 13.6. The summed E-state index contributed by atoms with van der Waals surface area (Å²) in [6, 6.07) is 5.17. The van der Waals surface area contributed by atoms with Crippen molar-refractivity contribution in [3.05, 3.63) is 24.0 Å². The topological polar surface area (TPSA) is 24.1 Å². The molecule has 1 aromatic carbocycles. The standard InChI is InChI=1S/C13H19FN2/c1-3-13(4-2)8-15-11-7-5-6-10(14)12(11)16-9-13/h5-7,15-16H,3-4,8-9H2,1-2H3. The van der Waals surface area contributed by atoms with Crippen LogP contribution < -0.4 is 10.6 Å². The zero-order valence-electron chi connectivity index (χ0n) is 9.94.